The highest BCUT2D eigenvalue weighted by molar-refractivity contribution is 5.95. The number of amides is 1. The number of benzene rings is 2. The van der Waals surface area contributed by atoms with E-state index in [1.165, 1.54) is 0 Å². The molecule has 4 rings (SSSR count). The molecule has 0 radical (unpaired) electrons. The summed E-state index contributed by atoms with van der Waals surface area (Å²) in [6.45, 7) is 8.82. The predicted octanol–water partition coefficient (Wildman–Crippen LogP) is 5.25. The van der Waals surface area contributed by atoms with E-state index < -0.39 is 0 Å². The largest absolute Gasteiger partial charge is 0.454 e. The lowest BCUT2D eigenvalue weighted by Crippen LogP contribution is -2.33. The van der Waals surface area contributed by atoms with Crippen LogP contribution >= 0.6 is 0 Å². The number of unbranched alkanes of at least 4 members (excludes halogenated alkanes) is 1. The summed E-state index contributed by atoms with van der Waals surface area (Å²) in [6.07, 6.45) is 3.13. The highest BCUT2D eigenvalue weighted by atomic mass is 16.7. The topological polar surface area (TPSA) is 56.6 Å². The first kappa shape index (κ1) is 21.2. The number of hydrogen-bond acceptors (Lipinski definition) is 4. The summed E-state index contributed by atoms with van der Waals surface area (Å²) in [7, 11) is 0. The molecule has 0 aliphatic carbocycles. The second-order valence-electron chi connectivity index (χ2n) is 8.50. The van der Waals surface area contributed by atoms with Crippen LogP contribution in [-0.4, -0.2) is 33.7 Å². The van der Waals surface area contributed by atoms with Crippen LogP contribution < -0.4 is 9.47 Å². The van der Waals surface area contributed by atoms with E-state index in [-0.39, 0.29) is 12.7 Å². The Morgan fingerprint density at radius 3 is 2.77 bits per heavy atom. The molecule has 1 amide bonds. The fourth-order valence-corrected chi connectivity index (χ4v) is 3.86. The Morgan fingerprint density at radius 2 is 1.97 bits per heavy atom. The van der Waals surface area contributed by atoms with E-state index in [0.29, 0.717) is 36.1 Å². The third-order valence-electron chi connectivity index (χ3n) is 5.68. The van der Waals surface area contributed by atoms with Crippen LogP contribution in [0.5, 0.6) is 11.5 Å². The molecule has 6 heteroatoms. The zero-order chi connectivity index (χ0) is 21.8. The first-order valence-electron chi connectivity index (χ1n) is 11.2. The van der Waals surface area contributed by atoms with Crippen molar-refractivity contribution in [2.24, 2.45) is 5.92 Å². The number of carbonyl (C=O) groups is 1. The first-order chi connectivity index (χ1) is 15.1. The minimum Gasteiger partial charge on any atom is -0.454 e. The third-order valence-corrected chi connectivity index (χ3v) is 5.68. The standard InChI is InChI=1S/C25H31N3O3/c1-4-5-13-28-21-9-7-6-8-20(21)26-24(28)16-27(14-12-18(2)3)25(29)19-10-11-22-23(15-19)31-17-30-22/h6-11,15,18H,4-5,12-14,16-17H2,1-3H3. The minimum atomic E-state index is -0.00644. The maximum absolute atomic E-state index is 13.5. The Labute approximate surface area is 183 Å². The second-order valence-corrected chi connectivity index (χ2v) is 8.50. The molecule has 3 aromatic rings. The van der Waals surface area contributed by atoms with Gasteiger partial charge in [-0.1, -0.05) is 39.3 Å². The van der Waals surface area contributed by atoms with Gasteiger partial charge in [-0.2, -0.15) is 0 Å². The molecule has 1 aliphatic rings. The van der Waals surface area contributed by atoms with Crippen molar-refractivity contribution in [3.05, 3.63) is 53.9 Å². The summed E-state index contributed by atoms with van der Waals surface area (Å²) in [5.74, 6) is 2.75. The molecule has 0 unspecified atom stereocenters. The molecule has 31 heavy (non-hydrogen) atoms. The smallest absolute Gasteiger partial charge is 0.254 e. The summed E-state index contributed by atoms with van der Waals surface area (Å²) in [6, 6.07) is 13.6. The molecule has 164 valence electrons. The van der Waals surface area contributed by atoms with Crippen molar-refractivity contribution >= 4 is 16.9 Å². The molecule has 1 aliphatic heterocycles. The fraction of sp³-hybridized carbons (Fsp3) is 0.440. The molecule has 0 N–H and O–H groups in total. The van der Waals surface area contributed by atoms with Crippen molar-refractivity contribution in [1.82, 2.24) is 14.5 Å². The van der Waals surface area contributed by atoms with Gasteiger partial charge in [0.1, 0.15) is 5.82 Å². The van der Waals surface area contributed by atoms with E-state index in [0.717, 1.165) is 42.7 Å². The van der Waals surface area contributed by atoms with Gasteiger partial charge in [-0.05, 0) is 49.1 Å². The van der Waals surface area contributed by atoms with E-state index in [1.54, 1.807) is 6.07 Å². The minimum absolute atomic E-state index is 0.00644. The highest BCUT2D eigenvalue weighted by Gasteiger charge is 2.23. The molecule has 6 nitrogen and oxygen atoms in total. The summed E-state index contributed by atoms with van der Waals surface area (Å²) in [5.41, 5.74) is 2.72. The Kier molecular flexibility index (Phi) is 6.44. The van der Waals surface area contributed by atoms with E-state index in [1.807, 2.05) is 35.2 Å². The molecule has 0 saturated heterocycles. The number of fused-ring (bicyclic) bond motifs is 2. The molecular weight excluding hydrogens is 390 g/mol. The zero-order valence-corrected chi connectivity index (χ0v) is 18.6. The highest BCUT2D eigenvalue weighted by Crippen LogP contribution is 2.33. The van der Waals surface area contributed by atoms with Crippen LogP contribution in [0.2, 0.25) is 0 Å². The number of para-hydroxylation sites is 2. The maximum atomic E-state index is 13.5. The van der Waals surface area contributed by atoms with Crippen LogP contribution in [0.15, 0.2) is 42.5 Å². The molecule has 1 aromatic heterocycles. The summed E-state index contributed by atoms with van der Waals surface area (Å²) in [5, 5.41) is 0. The van der Waals surface area contributed by atoms with Gasteiger partial charge >= 0.3 is 0 Å². The Balaban J connectivity index is 1.64. The van der Waals surface area contributed by atoms with Gasteiger partial charge in [0, 0.05) is 18.7 Å². The number of nitrogens with zero attached hydrogens (tertiary/aromatic N) is 3. The van der Waals surface area contributed by atoms with Gasteiger partial charge in [-0.25, -0.2) is 4.98 Å². The van der Waals surface area contributed by atoms with Crippen molar-refractivity contribution in [2.45, 2.75) is 53.1 Å². The number of ether oxygens (including phenoxy) is 2. The van der Waals surface area contributed by atoms with Crippen molar-refractivity contribution in [2.75, 3.05) is 13.3 Å². The number of aryl methyl sites for hydroxylation is 1. The number of aromatic nitrogens is 2. The van der Waals surface area contributed by atoms with Crippen LogP contribution in [0.1, 0.15) is 56.2 Å². The SMILES string of the molecule is CCCCn1c(CN(CCC(C)C)C(=O)c2ccc3c(c2)OCO3)nc2ccccc21. The van der Waals surface area contributed by atoms with Gasteiger partial charge < -0.3 is 18.9 Å². The van der Waals surface area contributed by atoms with Gasteiger partial charge in [-0.15, -0.1) is 0 Å². The van der Waals surface area contributed by atoms with E-state index in [4.69, 9.17) is 14.5 Å². The molecule has 0 fully saturated rings. The Hall–Kier alpha value is -3.02. The lowest BCUT2D eigenvalue weighted by atomic mass is 10.1. The number of imidazole rings is 1. The average molecular weight is 422 g/mol. The van der Waals surface area contributed by atoms with E-state index in [9.17, 15) is 4.79 Å². The number of hydrogen-bond donors (Lipinski definition) is 0. The molecule has 0 spiro atoms. The maximum Gasteiger partial charge on any atom is 0.254 e. The van der Waals surface area contributed by atoms with Gasteiger partial charge in [0.15, 0.2) is 11.5 Å². The third kappa shape index (κ3) is 4.68. The van der Waals surface area contributed by atoms with Gasteiger partial charge in [0.2, 0.25) is 6.79 Å². The molecule has 0 saturated carbocycles. The van der Waals surface area contributed by atoms with Crippen molar-refractivity contribution < 1.29 is 14.3 Å². The van der Waals surface area contributed by atoms with Crippen molar-refractivity contribution in [3.63, 3.8) is 0 Å². The quantitative estimate of drug-likeness (QED) is 0.473. The summed E-state index contributed by atoms with van der Waals surface area (Å²) < 4.78 is 13.1. The van der Waals surface area contributed by atoms with Gasteiger partial charge in [-0.3, -0.25) is 4.79 Å². The number of rotatable bonds is 9. The predicted molar refractivity (Wildman–Crippen MR) is 121 cm³/mol. The summed E-state index contributed by atoms with van der Waals surface area (Å²) in [4.78, 5) is 20.3. The monoisotopic (exact) mass is 421 g/mol. The second kappa shape index (κ2) is 9.41. The van der Waals surface area contributed by atoms with Crippen LogP contribution in [0.25, 0.3) is 11.0 Å². The molecule has 0 atom stereocenters. The molecule has 2 aromatic carbocycles. The Bertz CT molecular complexity index is 1060. The van der Waals surface area contributed by atoms with E-state index in [2.05, 4.69) is 31.4 Å². The van der Waals surface area contributed by atoms with Crippen molar-refractivity contribution in [3.8, 4) is 11.5 Å². The van der Waals surface area contributed by atoms with Crippen LogP contribution in [0.3, 0.4) is 0 Å². The average Bonchev–Trinajstić information content (AvgIpc) is 3.38. The van der Waals surface area contributed by atoms with Crippen molar-refractivity contribution in [1.29, 1.82) is 0 Å². The van der Waals surface area contributed by atoms with Crippen LogP contribution in [0, 0.1) is 5.92 Å². The number of carbonyl (C=O) groups excluding carboxylic acids is 1. The first-order valence-corrected chi connectivity index (χ1v) is 11.2. The lowest BCUT2D eigenvalue weighted by Gasteiger charge is -2.24. The van der Waals surface area contributed by atoms with Crippen LogP contribution in [0.4, 0.5) is 0 Å². The van der Waals surface area contributed by atoms with Gasteiger partial charge in [0.05, 0.1) is 17.6 Å². The Morgan fingerprint density at radius 1 is 1.16 bits per heavy atom. The fourth-order valence-electron chi connectivity index (χ4n) is 3.86. The van der Waals surface area contributed by atoms with Crippen LogP contribution in [-0.2, 0) is 13.1 Å². The van der Waals surface area contributed by atoms with Gasteiger partial charge in [0.25, 0.3) is 5.91 Å². The normalized spacial score (nSPS) is 12.6. The molecule has 2 heterocycles. The molecular formula is C25H31N3O3. The van der Waals surface area contributed by atoms with E-state index >= 15 is 0 Å². The lowest BCUT2D eigenvalue weighted by molar-refractivity contribution is 0.0729. The molecule has 0 bridgehead atoms. The summed E-state index contributed by atoms with van der Waals surface area (Å²) >= 11 is 0. The zero-order valence-electron chi connectivity index (χ0n) is 18.6.